The van der Waals surface area contributed by atoms with E-state index in [1.807, 2.05) is 0 Å². The number of benzene rings is 26. The lowest BCUT2D eigenvalue weighted by Gasteiger charge is -2.34. The van der Waals surface area contributed by atoms with Crippen LogP contribution in [-0.4, -0.2) is 0 Å². The minimum atomic E-state index is -0.527. The van der Waals surface area contributed by atoms with Crippen LogP contribution in [0.4, 0.5) is 0 Å². The first-order valence-electron chi connectivity index (χ1n) is 53.0. The number of rotatable bonds is 12. The first-order chi connectivity index (χ1) is 73.7. The highest BCUT2D eigenvalue weighted by atomic mass is 14.5. The summed E-state index contributed by atoms with van der Waals surface area (Å²) in [6.45, 7) is 17.8. The van der Waals surface area contributed by atoms with Crippen LogP contribution in [0.2, 0.25) is 0 Å². The van der Waals surface area contributed by atoms with E-state index in [-0.39, 0.29) is 0 Å². The van der Waals surface area contributed by atoms with Gasteiger partial charge in [-0.15, -0.1) is 0 Å². The van der Waals surface area contributed by atoms with Crippen LogP contribution in [0.25, 0.3) is 242 Å². The highest BCUT2D eigenvalue weighted by Crippen LogP contribution is 2.65. The maximum absolute atomic E-state index is 2.55. The summed E-state index contributed by atoms with van der Waals surface area (Å²) in [6, 6.07) is 185. The van der Waals surface area contributed by atoms with Gasteiger partial charge in [0.15, 0.2) is 0 Å². The van der Waals surface area contributed by atoms with Crippen molar-refractivity contribution >= 4 is 86.2 Å². The molecule has 0 bridgehead atoms. The lowest BCUT2D eigenvalue weighted by molar-refractivity contribution is 0.768. The van der Waals surface area contributed by atoms with Crippen LogP contribution in [0.5, 0.6) is 0 Å². The summed E-state index contributed by atoms with van der Waals surface area (Å²) in [7, 11) is 0. The van der Waals surface area contributed by atoms with Crippen molar-refractivity contribution in [3.63, 3.8) is 0 Å². The van der Waals surface area contributed by atoms with E-state index in [4.69, 9.17) is 0 Å². The second-order valence-electron chi connectivity index (χ2n) is 42.7. The summed E-state index contributed by atoms with van der Waals surface area (Å²) >= 11 is 0. The summed E-state index contributed by atoms with van der Waals surface area (Å²) in [5, 5.41) is 20.3. The minimum absolute atomic E-state index is 0.523. The van der Waals surface area contributed by atoms with Gasteiger partial charge in [0.1, 0.15) is 0 Å². The molecule has 0 radical (unpaired) electrons. The second kappa shape index (κ2) is 34.2. The van der Waals surface area contributed by atoms with Gasteiger partial charge in [-0.1, -0.05) is 493 Å². The summed E-state index contributed by atoms with van der Waals surface area (Å²) in [5.41, 5.74) is 55.0. The van der Waals surface area contributed by atoms with Crippen LogP contribution in [0.15, 0.2) is 485 Å². The van der Waals surface area contributed by atoms with Crippen molar-refractivity contribution in [2.45, 2.75) is 66.2 Å². The third-order valence-corrected chi connectivity index (χ3v) is 33.7. The molecule has 0 spiro atoms. The Morgan fingerprint density at radius 1 is 0.120 bits per heavy atom. The molecule has 0 saturated carbocycles. The first-order valence-corrected chi connectivity index (χ1v) is 53.0. The molecule has 4 aliphatic carbocycles. The second-order valence-corrected chi connectivity index (χ2v) is 42.7. The molecule has 0 heteroatoms. The molecule has 150 heavy (non-hydrogen) atoms. The number of hydrogen-bond acceptors (Lipinski definition) is 0. The molecule has 0 fully saturated rings. The Balaban J connectivity index is 0.000000152. The van der Waals surface area contributed by atoms with E-state index < -0.39 is 10.8 Å². The van der Waals surface area contributed by atoms with Crippen LogP contribution in [-0.2, 0) is 10.8 Å². The standard InChI is InChI=1S/C90H68.C60H36/c1-53-20-31-66(32-21-53)89(67-33-22-54(2)23-34-67)80-18-11-9-14-71(80)73-39-28-62(51-82(73)89)61-29-41-76-79(50-61)85(65-48-59(7)45-60(8)49-65)87-77-17-13-16-75-70(42-43-78(86(75)77)88(87)84(76)64-46-57(5)44-58(6)47-64)63-30-40-74-72-15-10-12-19-81(72)90(83(74)52-63,68-35-24-55(3)25-36-68)69-37-26-56(4)27-38-69;1-3-16-37(17-4-1)55-50-31-30-43(54-44-24-11-7-20-39(44)34-40-21-8-12-25-45(40)54)36-53(50)56(38-18-5-2-6-19-38)59-51-29-15-28-48-49(32-33-52(58(48)51)60(55)59)57-46-26-13-9-22-41(46)35-42-23-10-14-27-47(42)57/h9-52H,1-8H3;1-36H. The maximum Gasteiger partial charge on any atom is 0.0713 e. The van der Waals surface area contributed by atoms with Crippen molar-refractivity contribution in [2.75, 3.05) is 0 Å². The highest BCUT2D eigenvalue weighted by molar-refractivity contribution is 6.33. The van der Waals surface area contributed by atoms with Crippen molar-refractivity contribution in [1.82, 2.24) is 0 Å². The van der Waals surface area contributed by atoms with Gasteiger partial charge < -0.3 is 0 Å². The lowest BCUT2D eigenvalue weighted by atomic mass is 9.67. The normalized spacial score (nSPS) is 12.9. The molecular formula is C150H104. The molecule has 0 heterocycles. The smallest absolute Gasteiger partial charge is 0.0622 e. The molecule has 4 aliphatic rings. The van der Waals surface area contributed by atoms with E-state index in [0.29, 0.717) is 0 Å². The molecular weight excluding hydrogens is 1800 g/mol. The average molecular weight is 1910 g/mol. The van der Waals surface area contributed by atoms with E-state index in [2.05, 4.69) is 541 Å². The van der Waals surface area contributed by atoms with Crippen LogP contribution in [0.3, 0.4) is 0 Å². The van der Waals surface area contributed by atoms with Gasteiger partial charge in [-0.3, -0.25) is 0 Å². The summed E-state index contributed by atoms with van der Waals surface area (Å²) in [6.07, 6.45) is 0. The van der Waals surface area contributed by atoms with Crippen molar-refractivity contribution in [3.05, 3.63) is 574 Å². The minimum Gasteiger partial charge on any atom is -0.0622 e. The Morgan fingerprint density at radius 3 is 0.840 bits per heavy atom. The molecule has 0 saturated heterocycles. The zero-order valence-electron chi connectivity index (χ0n) is 85.2. The maximum atomic E-state index is 2.55. The van der Waals surface area contributed by atoms with E-state index in [1.165, 1.54) is 331 Å². The SMILES string of the molecule is Cc1ccc(C2(c3ccc(C)cc3)c3ccccc3-c3ccc(-c4ccc5c(-c6cc(C)cc(C)c6)c6c(c(-c7cc(C)cc(C)c7)c5c4)-c4cccc5c(-c7ccc8c(c7)C(c7ccc(C)cc7)(c7ccc(C)cc7)c7ccccc7-8)ccc-6c45)cc32)cc1.c1ccc(-c2c3c(c(-c4ccccc4)c4cc(-c5c6ccccc6cc6ccccc56)ccc24)-c2cccc4c(-c5c6ccccc6cc6ccccc56)ccc-3c24)cc1. The third kappa shape index (κ3) is 13.3. The molecule has 26 aromatic rings. The number of hydrogen-bond donors (Lipinski definition) is 0. The molecule has 0 amide bonds. The molecule has 30 rings (SSSR count). The molecule has 0 atom stereocenters. The Labute approximate surface area is 875 Å². The fourth-order valence-electron chi connectivity index (χ4n) is 27.5. The molecule has 0 nitrogen and oxygen atoms in total. The van der Waals surface area contributed by atoms with Crippen molar-refractivity contribution in [3.8, 4) is 156 Å². The van der Waals surface area contributed by atoms with Crippen LogP contribution in [0, 0.1) is 55.4 Å². The summed E-state index contributed by atoms with van der Waals surface area (Å²) in [5.74, 6) is 0. The van der Waals surface area contributed by atoms with Gasteiger partial charge in [0.05, 0.1) is 10.8 Å². The van der Waals surface area contributed by atoms with Gasteiger partial charge in [0.2, 0.25) is 0 Å². The predicted molar refractivity (Wildman–Crippen MR) is 638 cm³/mol. The van der Waals surface area contributed by atoms with Crippen LogP contribution < -0.4 is 0 Å². The molecule has 0 aromatic heterocycles. The fourth-order valence-corrected chi connectivity index (χ4v) is 27.5. The van der Waals surface area contributed by atoms with Crippen LogP contribution in [0.1, 0.15) is 89.0 Å². The molecule has 704 valence electrons. The van der Waals surface area contributed by atoms with E-state index >= 15 is 0 Å². The average Bonchev–Trinajstić information content (AvgIpc) is 1.52. The molecule has 0 unspecified atom stereocenters. The quantitative estimate of drug-likeness (QED) is 0.107. The number of fused-ring (bicyclic) bond motifs is 18. The lowest BCUT2D eigenvalue weighted by Crippen LogP contribution is -2.28. The highest BCUT2D eigenvalue weighted by Gasteiger charge is 2.49. The third-order valence-electron chi connectivity index (χ3n) is 33.7. The van der Waals surface area contributed by atoms with Gasteiger partial charge in [-0.25, -0.2) is 0 Å². The van der Waals surface area contributed by atoms with Crippen molar-refractivity contribution in [2.24, 2.45) is 0 Å². The van der Waals surface area contributed by atoms with Gasteiger partial charge in [-0.2, -0.15) is 0 Å². The number of aryl methyl sites for hydroxylation is 8. The van der Waals surface area contributed by atoms with Gasteiger partial charge in [-0.05, 0) is 378 Å². The van der Waals surface area contributed by atoms with Crippen molar-refractivity contribution in [1.29, 1.82) is 0 Å². The monoisotopic (exact) mass is 1900 g/mol. The predicted octanol–water partition coefficient (Wildman–Crippen LogP) is 40.4. The van der Waals surface area contributed by atoms with Gasteiger partial charge in [0.25, 0.3) is 0 Å². The van der Waals surface area contributed by atoms with Crippen LogP contribution >= 0.6 is 0 Å². The first kappa shape index (κ1) is 88.3. The summed E-state index contributed by atoms with van der Waals surface area (Å²) < 4.78 is 0. The summed E-state index contributed by atoms with van der Waals surface area (Å²) in [4.78, 5) is 0. The van der Waals surface area contributed by atoms with Gasteiger partial charge in [0, 0.05) is 0 Å². The Bertz CT molecular complexity index is 9990. The molecule has 26 aromatic carbocycles. The molecule has 0 aliphatic heterocycles. The largest absolute Gasteiger partial charge is 0.0713 e. The van der Waals surface area contributed by atoms with E-state index in [1.54, 1.807) is 0 Å². The topological polar surface area (TPSA) is 0 Å². The Morgan fingerprint density at radius 2 is 0.407 bits per heavy atom. The zero-order valence-corrected chi connectivity index (χ0v) is 85.2. The van der Waals surface area contributed by atoms with Crippen molar-refractivity contribution < 1.29 is 0 Å². The van der Waals surface area contributed by atoms with E-state index in [0.717, 1.165) is 0 Å². The zero-order chi connectivity index (χ0) is 100. The molecule has 0 N–H and O–H groups in total. The van der Waals surface area contributed by atoms with E-state index in [9.17, 15) is 0 Å². The fraction of sp³-hybridized carbons (Fsp3) is 0.0667. The Hall–Kier alpha value is -18.2. The van der Waals surface area contributed by atoms with Gasteiger partial charge >= 0.3 is 0 Å². The Kier molecular flexibility index (Phi) is 20.1.